The van der Waals surface area contributed by atoms with Crippen LogP contribution in [0.1, 0.15) is 12.7 Å². The Hall–Kier alpha value is -1.51. The molecule has 0 atom stereocenters. The summed E-state index contributed by atoms with van der Waals surface area (Å²) in [6, 6.07) is 5.62. The first kappa shape index (κ1) is 7.16. The predicted octanol–water partition coefficient (Wildman–Crippen LogP) is 1.97. The van der Waals surface area contributed by atoms with Crippen LogP contribution in [-0.2, 0) is 6.42 Å². The topological polar surface area (TPSA) is 52.0 Å². The first-order chi connectivity index (χ1) is 5.81. The van der Waals surface area contributed by atoms with Crippen molar-refractivity contribution < 1.29 is 4.52 Å². The summed E-state index contributed by atoms with van der Waals surface area (Å²) < 4.78 is 5.11. The molecular formula is C9H10N2O. The van der Waals surface area contributed by atoms with Crippen LogP contribution in [0.2, 0.25) is 0 Å². The monoisotopic (exact) mass is 162 g/mol. The minimum absolute atomic E-state index is 0.721. The molecule has 2 aromatic rings. The number of hydrogen-bond donors (Lipinski definition) is 1. The van der Waals surface area contributed by atoms with Gasteiger partial charge in [0.1, 0.15) is 11.3 Å². The van der Waals surface area contributed by atoms with Crippen LogP contribution in [0.5, 0.6) is 0 Å². The van der Waals surface area contributed by atoms with Crippen molar-refractivity contribution in [2.24, 2.45) is 0 Å². The highest BCUT2D eigenvalue weighted by Crippen LogP contribution is 2.20. The van der Waals surface area contributed by atoms with Gasteiger partial charge in [-0.25, -0.2) is 0 Å². The van der Waals surface area contributed by atoms with E-state index in [1.165, 1.54) is 0 Å². The zero-order chi connectivity index (χ0) is 8.55. The quantitative estimate of drug-likeness (QED) is 0.652. The van der Waals surface area contributed by atoms with E-state index in [9.17, 15) is 0 Å². The largest absolute Gasteiger partial charge is 0.399 e. The second-order valence-corrected chi connectivity index (χ2v) is 2.74. The molecule has 1 aromatic heterocycles. The second kappa shape index (κ2) is 2.52. The van der Waals surface area contributed by atoms with Gasteiger partial charge in [0, 0.05) is 17.5 Å². The fourth-order valence-electron chi connectivity index (χ4n) is 1.27. The number of rotatable bonds is 1. The third kappa shape index (κ3) is 0.942. The van der Waals surface area contributed by atoms with Crippen molar-refractivity contribution in [2.45, 2.75) is 13.3 Å². The second-order valence-electron chi connectivity index (χ2n) is 2.74. The number of benzene rings is 1. The summed E-state index contributed by atoms with van der Waals surface area (Å²) in [5.41, 5.74) is 7.15. The van der Waals surface area contributed by atoms with Crippen LogP contribution in [0.4, 0.5) is 5.69 Å². The van der Waals surface area contributed by atoms with Crippen LogP contribution in [0, 0.1) is 0 Å². The Balaban J connectivity index is 2.73. The molecule has 0 aliphatic rings. The van der Waals surface area contributed by atoms with Crippen LogP contribution in [0.25, 0.3) is 10.9 Å². The van der Waals surface area contributed by atoms with E-state index < -0.39 is 0 Å². The lowest BCUT2D eigenvalue weighted by Crippen LogP contribution is -1.83. The predicted molar refractivity (Wildman–Crippen MR) is 47.8 cm³/mol. The molecule has 0 aliphatic carbocycles. The van der Waals surface area contributed by atoms with Crippen LogP contribution >= 0.6 is 0 Å². The smallest absolute Gasteiger partial charge is 0.144 e. The van der Waals surface area contributed by atoms with E-state index in [-0.39, 0.29) is 0 Å². The normalized spacial score (nSPS) is 10.8. The molecular weight excluding hydrogens is 152 g/mol. The van der Waals surface area contributed by atoms with Crippen molar-refractivity contribution in [2.75, 3.05) is 5.73 Å². The van der Waals surface area contributed by atoms with Gasteiger partial charge in [-0.2, -0.15) is 0 Å². The molecule has 0 spiro atoms. The van der Waals surface area contributed by atoms with E-state index in [4.69, 9.17) is 10.3 Å². The molecule has 0 amide bonds. The standard InChI is InChI=1S/C9H10N2O/c1-2-9-7-4-3-6(10)5-8(7)11-12-9/h3-5H,2,10H2,1H3. The third-order valence-electron chi connectivity index (χ3n) is 1.90. The number of fused-ring (bicyclic) bond motifs is 1. The van der Waals surface area contributed by atoms with Gasteiger partial charge in [-0.15, -0.1) is 0 Å². The molecule has 0 bridgehead atoms. The lowest BCUT2D eigenvalue weighted by atomic mass is 10.2. The Morgan fingerprint density at radius 1 is 1.50 bits per heavy atom. The highest BCUT2D eigenvalue weighted by molar-refractivity contribution is 5.83. The first-order valence-electron chi connectivity index (χ1n) is 3.95. The van der Waals surface area contributed by atoms with Gasteiger partial charge in [0.25, 0.3) is 0 Å². The van der Waals surface area contributed by atoms with Gasteiger partial charge in [0.15, 0.2) is 0 Å². The van der Waals surface area contributed by atoms with Gasteiger partial charge in [-0.1, -0.05) is 12.1 Å². The maximum Gasteiger partial charge on any atom is 0.144 e. The fraction of sp³-hybridized carbons (Fsp3) is 0.222. The van der Waals surface area contributed by atoms with Crippen molar-refractivity contribution in [3.05, 3.63) is 24.0 Å². The fourth-order valence-corrected chi connectivity index (χ4v) is 1.27. The number of aromatic nitrogens is 1. The summed E-state index contributed by atoms with van der Waals surface area (Å²) >= 11 is 0. The van der Waals surface area contributed by atoms with E-state index >= 15 is 0 Å². The van der Waals surface area contributed by atoms with Crippen LogP contribution in [0.3, 0.4) is 0 Å². The van der Waals surface area contributed by atoms with Crippen molar-refractivity contribution in [3.63, 3.8) is 0 Å². The van der Waals surface area contributed by atoms with Crippen molar-refractivity contribution in [3.8, 4) is 0 Å². The lowest BCUT2D eigenvalue weighted by molar-refractivity contribution is 0.395. The molecule has 0 aliphatic heterocycles. The molecule has 1 heterocycles. The summed E-state index contributed by atoms with van der Waals surface area (Å²) in [7, 11) is 0. The van der Waals surface area contributed by atoms with E-state index in [0.29, 0.717) is 0 Å². The molecule has 2 rings (SSSR count). The third-order valence-corrected chi connectivity index (χ3v) is 1.90. The highest BCUT2D eigenvalue weighted by atomic mass is 16.5. The van der Waals surface area contributed by atoms with E-state index in [0.717, 1.165) is 28.8 Å². The summed E-state index contributed by atoms with van der Waals surface area (Å²) in [4.78, 5) is 0. The molecule has 3 heteroatoms. The van der Waals surface area contributed by atoms with Crippen molar-refractivity contribution >= 4 is 16.6 Å². The van der Waals surface area contributed by atoms with Crippen LogP contribution < -0.4 is 5.73 Å². The highest BCUT2D eigenvalue weighted by Gasteiger charge is 2.04. The average molecular weight is 162 g/mol. The molecule has 0 unspecified atom stereocenters. The Bertz CT molecular complexity index is 406. The lowest BCUT2D eigenvalue weighted by Gasteiger charge is -1.91. The molecule has 0 fully saturated rings. The van der Waals surface area contributed by atoms with Gasteiger partial charge < -0.3 is 10.3 Å². The Morgan fingerprint density at radius 3 is 3.08 bits per heavy atom. The number of hydrogen-bond acceptors (Lipinski definition) is 3. The minimum Gasteiger partial charge on any atom is -0.399 e. The van der Waals surface area contributed by atoms with E-state index in [2.05, 4.69) is 5.16 Å². The number of aryl methyl sites for hydroxylation is 1. The van der Waals surface area contributed by atoms with Gasteiger partial charge >= 0.3 is 0 Å². The van der Waals surface area contributed by atoms with Crippen LogP contribution in [0.15, 0.2) is 22.7 Å². The molecule has 2 N–H and O–H groups in total. The van der Waals surface area contributed by atoms with Crippen molar-refractivity contribution in [1.82, 2.24) is 5.16 Å². The van der Waals surface area contributed by atoms with Gasteiger partial charge in [0.05, 0.1) is 0 Å². The zero-order valence-corrected chi connectivity index (χ0v) is 6.87. The van der Waals surface area contributed by atoms with Gasteiger partial charge in [-0.05, 0) is 18.2 Å². The number of nitrogens with two attached hydrogens (primary N) is 1. The number of nitrogens with zero attached hydrogens (tertiary/aromatic N) is 1. The van der Waals surface area contributed by atoms with Gasteiger partial charge in [0.2, 0.25) is 0 Å². The SMILES string of the molecule is CCc1onc2cc(N)ccc12. The molecule has 0 radical (unpaired) electrons. The van der Waals surface area contributed by atoms with Crippen LogP contribution in [-0.4, -0.2) is 5.16 Å². The summed E-state index contributed by atoms with van der Waals surface area (Å²) in [6.45, 7) is 2.04. The number of nitrogen functional groups attached to an aromatic ring is 1. The molecule has 62 valence electrons. The summed E-state index contributed by atoms with van der Waals surface area (Å²) in [5, 5.41) is 4.96. The van der Waals surface area contributed by atoms with Gasteiger partial charge in [-0.3, -0.25) is 0 Å². The molecule has 12 heavy (non-hydrogen) atoms. The van der Waals surface area contributed by atoms with E-state index in [1.54, 1.807) is 0 Å². The maximum atomic E-state index is 5.59. The summed E-state index contributed by atoms with van der Waals surface area (Å²) in [5.74, 6) is 0.921. The average Bonchev–Trinajstić information content (AvgIpc) is 2.46. The zero-order valence-electron chi connectivity index (χ0n) is 6.87. The minimum atomic E-state index is 0.721. The summed E-state index contributed by atoms with van der Waals surface area (Å²) in [6.07, 6.45) is 0.862. The molecule has 0 saturated carbocycles. The number of anilines is 1. The molecule has 3 nitrogen and oxygen atoms in total. The molecule has 0 saturated heterocycles. The van der Waals surface area contributed by atoms with E-state index in [1.807, 2.05) is 25.1 Å². The first-order valence-corrected chi connectivity index (χ1v) is 3.95. The Morgan fingerprint density at radius 2 is 2.33 bits per heavy atom. The maximum absolute atomic E-state index is 5.59. The Kier molecular flexibility index (Phi) is 1.50. The Labute approximate surface area is 70.1 Å². The molecule has 1 aromatic carbocycles. The van der Waals surface area contributed by atoms with Crippen molar-refractivity contribution in [1.29, 1.82) is 0 Å².